The normalized spacial score (nSPS) is 21.2. The van der Waals surface area contributed by atoms with Gasteiger partial charge in [0.25, 0.3) is 0 Å². The first-order valence-electron chi connectivity index (χ1n) is 3.60. The molecule has 1 aliphatic heterocycles. The van der Waals surface area contributed by atoms with E-state index in [0.717, 1.165) is 5.75 Å². The molecule has 6 heteroatoms. The molecule has 0 spiro atoms. The van der Waals surface area contributed by atoms with Crippen LogP contribution in [0, 0.1) is 0 Å². The second-order valence-electron chi connectivity index (χ2n) is 2.30. The van der Waals surface area contributed by atoms with Crippen LogP contribution in [0.3, 0.4) is 0 Å². The van der Waals surface area contributed by atoms with Crippen LogP contribution in [-0.2, 0) is 5.75 Å². The summed E-state index contributed by atoms with van der Waals surface area (Å²) in [5, 5.41) is 9.94. The highest BCUT2D eigenvalue weighted by atomic mass is 32.2. The zero-order valence-electron chi connectivity index (χ0n) is 6.54. The van der Waals surface area contributed by atoms with Crippen LogP contribution in [0.1, 0.15) is 4.88 Å². The Kier molecular flexibility index (Phi) is 3.37. The van der Waals surface area contributed by atoms with Crippen LogP contribution < -0.4 is 0 Å². The second-order valence-corrected chi connectivity index (χ2v) is 6.41. The van der Waals surface area contributed by atoms with Crippen LogP contribution in [-0.4, -0.2) is 9.03 Å². The lowest BCUT2D eigenvalue weighted by Crippen LogP contribution is -1.87. The lowest BCUT2D eigenvalue weighted by atomic mass is 10.5. The van der Waals surface area contributed by atoms with E-state index in [1.54, 1.807) is 34.9 Å². The number of nitrogens with zero attached hydrogens (tertiary/aromatic N) is 2. The molecule has 1 aromatic rings. The third kappa shape index (κ3) is 2.77. The van der Waals surface area contributed by atoms with Crippen molar-refractivity contribution >= 4 is 51.4 Å². The zero-order chi connectivity index (χ0) is 9.10. The van der Waals surface area contributed by atoms with Gasteiger partial charge >= 0.3 is 0 Å². The average Bonchev–Trinajstić information content (AvgIpc) is 2.71. The lowest BCUT2D eigenvalue weighted by molar-refractivity contribution is 1.16. The number of thioether (sulfide) groups is 2. The minimum atomic E-state index is 0.176. The highest BCUT2D eigenvalue weighted by Crippen LogP contribution is 2.34. The summed E-state index contributed by atoms with van der Waals surface area (Å²) < 4.78 is 0.832. The van der Waals surface area contributed by atoms with E-state index in [4.69, 9.17) is 12.2 Å². The van der Waals surface area contributed by atoms with Gasteiger partial charge in [-0.15, -0.1) is 28.2 Å². The van der Waals surface area contributed by atoms with Crippen molar-refractivity contribution in [3.05, 3.63) is 22.4 Å². The van der Waals surface area contributed by atoms with Gasteiger partial charge in [0.2, 0.25) is 0 Å². The molecule has 0 bridgehead atoms. The van der Waals surface area contributed by atoms with E-state index in [9.17, 15) is 0 Å². The molecule has 1 unspecified atom stereocenters. The Morgan fingerprint density at radius 1 is 1.62 bits per heavy atom. The van der Waals surface area contributed by atoms with E-state index in [1.807, 2.05) is 0 Å². The van der Waals surface area contributed by atoms with E-state index >= 15 is 0 Å². The summed E-state index contributed by atoms with van der Waals surface area (Å²) in [7, 11) is 0. The zero-order valence-corrected chi connectivity index (χ0v) is 9.81. The molecule has 2 heterocycles. The van der Waals surface area contributed by atoms with Crippen molar-refractivity contribution in [3.63, 3.8) is 0 Å². The Morgan fingerprint density at radius 3 is 3.15 bits per heavy atom. The number of thiophene rings is 1. The lowest BCUT2D eigenvalue weighted by Gasteiger charge is -2.00. The highest BCUT2D eigenvalue weighted by molar-refractivity contribution is 8.30. The smallest absolute Gasteiger partial charge is 0.161 e. The molecule has 2 nitrogen and oxygen atoms in total. The maximum atomic E-state index is 4.90. The number of hydrogen-bond donors (Lipinski definition) is 0. The molecule has 13 heavy (non-hydrogen) atoms. The Hall–Kier alpha value is 0.0900. The van der Waals surface area contributed by atoms with Gasteiger partial charge in [0, 0.05) is 10.6 Å². The Bertz CT molecular complexity index is 319. The summed E-state index contributed by atoms with van der Waals surface area (Å²) >= 11 is 10.00. The van der Waals surface area contributed by atoms with Crippen molar-refractivity contribution in [2.24, 2.45) is 10.2 Å². The van der Waals surface area contributed by atoms with E-state index in [1.165, 1.54) is 4.88 Å². The van der Waals surface area contributed by atoms with Gasteiger partial charge in [-0.05, 0) is 23.7 Å². The second kappa shape index (κ2) is 4.54. The van der Waals surface area contributed by atoms with Crippen molar-refractivity contribution in [2.45, 2.75) is 10.5 Å². The molecule has 1 aromatic heterocycles. The van der Waals surface area contributed by atoms with E-state index in [0.29, 0.717) is 4.32 Å². The van der Waals surface area contributed by atoms with Gasteiger partial charge in [-0.25, -0.2) is 0 Å². The van der Waals surface area contributed by atoms with Crippen LogP contribution in [0.15, 0.2) is 27.7 Å². The molecule has 0 fully saturated rings. The van der Waals surface area contributed by atoms with E-state index in [-0.39, 0.29) is 4.71 Å². The minimum Gasteiger partial charge on any atom is -0.161 e. The number of azo groups is 1. The van der Waals surface area contributed by atoms with E-state index in [2.05, 4.69) is 27.7 Å². The van der Waals surface area contributed by atoms with Gasteiger partial charge < -0.3 is 0 Å². The molecule has 1 atom stereocenters. The fourth-order valence-electron chi connectivity index (χ4n) is 0.843. The summed E-state index contributed by atoms with van der Waals surface area (Å²) in [6, 6.07) is 4.20. The first-order valence-corrected chi connectivity index (χ1v) is 6.82. The minimum absolute atomic E-state index is 0.176. The maximum Gasteiger partial charge on any atom is 0.184 e. The monoisotopic (exact) mass is 246 g/mol. The largest absolute Gasteiger partial charge is 0.184 e. The molecule has 1 aliphatic rings. The molecule has 0 amide bonds. The number of hydrogen-bond acceptors (Lipinski definition) is 5. The molecule has 0 radical (unpaired) electrons. The summed E-state index contributed by atoms with van der Waals surface area (Å²) in [4.78, 5) is 1.37. The molecular weight excluding hydrogens is 240 g/mol. The molecule has 0 aliphatic carbocycles. The van der Waals surface area contributed by atoms with Crippen LogP contribution in [0.5, 0.6) is 0 Å². The average molecular weight is 246 g/mol. The number of thiocarbonyl (C=S) groups is 1. The molecule has 0 aromatic carbocycles. The molecule has 68 valence electrons. The van der Waals surface area contributed by atoms with Gasteiger partial charge in [0.05, 0.1) is 0 Å². The van der Waals surface area contributed by atoms with Gasteiger partial charge in [0.15, 0.2) is 9.03 Å². The topological polar surface area (TPSA) is 24.7 Å². The summed E-state index contributed by atoms with van der Waals surface area (Å²) in [5.41, 5.74) is 0. The standard InChI is InChI=1S/C7H6N2S4/c10-6-8-9-7(13-6)12-4-5-2-1-3-11-5/h1-3,7H,4H2. The predicted molar refractivity (Wildman–Crippen MR) is 64.4 cm³/mol. The highest BCUT2D eigenvalue weighted by Gasteiger charge is 2.17. The quantitative estimate of drug-likeness (QED) is 0.759. The SMILES string of the molecule is S=C1N=NC(SCc2cccs2)S1. The first kappa shape index (κ1) is 9.64. The Morgan fingerprint density at radius 2 is 2.54 bits per heavy atom. The third-order valence-electron chi connectivity index (χ3n) is 1.38. The molecule has 0 N–H and O–H groups in total. The summed E-state index contributed by atoms with van der Waals surface area (Å²) in [6.07, 6.45) is 0. The van der Waals surface area contributed by atoms with Crippen molar-refractivity contribution in [3.8, 4) is 0 Å². The van der Waals surface area contributed by atoms with Crippen LogP contribution in [0.2, 0.25) is 0 Å². The fraction of sp³-hybridized carbons (Fsp3) is 0.286. The Balaban J connectivity index is 1.81. The van der Waals surface area contributed by atoms with Crippen molar-refractivity contribution in [1.29, 1.82) is 0 Å². The van der Waals surface area contributed by atoms with Gasteiger partial charge in [0.1, 0.15) is 0 Å². The van der Waals surface area contributed by atoms with Crippen molar-refractivity contribution < 1.29 is 0 Å². The first-order chi connectivity index (χ1) is 6.34. The summed E-state index contributed by atoms with van der Waals surface area (Å²) in [5.74, 6) is 0.997. The van der Waals surface area contributed by atoms with Crippen LogP contribution in [0.4, 0.5) is 0 Å². The van der Waals surface area contributed by atoms with Crippen LogP contribution in [0.25, 0.3) is 0 Å². The maximum absolute atomic E-state index is 4.90. The van der Waals surface area contributed by atoms with Crippen LogP contribution >= 0.6 is 47.1 Å². The van der Waals surface area contributed by atoms with Crippen molar-refractivity contribution in [2.75, 3.05) is 0 Å². The fourth-order valence-corrected chi connectivity index (χ4v) is 3.94. The van der Waals surface area contributed by atoms with Gasteiger partial charge in [-0.2, -0.15) is 5.11 Å². The Labute approximate surface area is 94.2 Å². The molecular formula is C7H6N2S4. The van der Waals surface area contributed by atoms with Gasteiger partial charge in [-0.1, -0.05) is 17.8 Å². The predicted octanol–water partition coefficient (Wildman–Crippen LogP) is 3.75. The molecule has 0 saturated heterocycles. The third-order valence-corrected chi connectivity index (χ3v) is 4.95. The van der Waals surface area contributed by atoms with Crippen molar-refractivity contribution in [1.82, 2.24) is 0 Å². The van der Waals surface area contributed by atoms with E-state index < -0.39 is 0 Å². The summed E-state index contributed by atoms with van der Waals surface area (Å²) in [6.45, 7) is 0. The molecule has 0 saturated carbocycles. The number of rotatable bonds is 3. The molecule has 2 rings (SSSR count). The van der Waals surface area contributed by atoms with Gasteiger partial charge in [-0.3, -0.25) is 0 Å².